The average molecular weight is 202 g/mol. The number of imidazole rings is 1. The van der Waals surface area contributed by atoms with Gasteiger partial charge < -0.3 is 4.40 Å². The molecule has 0 radical (unpaired) electrons. The first-order valence-electron chi connectivity index (χ1n) is 5.08. The first-order valence-corrected chi connectivity index (χ1v) is 5.08. The lowest BCUT2D eigenvalue weighted by Gasteiger charge is -1.97. The maximum absolute atomic E-state index is 11.4. The summed E-state index contributed by atoms with van der Waals surface area (Å²) in [6.45, 7) is 5.75. The van der Waals surface area contributed by atoms with E-state index < -0.39 is 0 Å². The molecule has 78 valence electrons. The van der Waals surface area contributed by atoms with Crippen LogP contribution in [0.25, 0.3) is 5.65 Å². The van der Waals surface area contributed by atoms with E-state index in [0.717, 1.165) is 11.3 Å². The Morgan fingerprint density at radius 3 is 2.80 bits per heavy atom. The number of carbonyl (C=O) groups is 1. The van der Waals surface area contributed by atoms with E-state index in [1.165, 1.54) is 0 Å². The summed E-state index contributed by atoms with van der Waals surface area (Å²) in [5.41, 5.74) is 2.46. The van der Waals surface area contributed by atoms with Gasteiger partial charge in [-0.1, -0.05) is 13.8 Å². The highest BCUT2D eigenvalue weighted by atomic mass is 16.1. The van der Waals surface area contributed by atoms with Crippen LogP contribution >= 0.6 is 0 Å². The number of ketones is 1. The zero-order valence-electron chi connectivity index (χ0n) is 9.19. The number of hydrogen-bond donors (Lipinski definition) is 0. The summed E-state index contributed by atoms with van der Waals surface area (Å²) < 4.78 is 1.91. The predicted octanol–water partition coefficient (Wildman–Crippen LogP) is 2.66. The Morgan fingerprint density at radius 2 is 2.20 bits per heavy atom. The number of fused-ring (bicyclic) bond motifs is 1. The van der Waals surface area contributed by atoms with Gasteiger partial charge in [-0.25, -0.2) is 4.98 Å². The van der Waals surface area contributed by atoms with E-state index in [4.69, 9.17) is 0 Å². The minimum Gasteiger partial charge on any atom is -0.306 e. The van der Waals surface area contributed by atoms with Crippen LogP contribution in [-0.4, -0.2) is 15.2 Å². The third-order valence-electron chi connectivity index (χ3n) is 2.47. The first kappa shape index (κ1) is 9.90. The van der Waals surface area contributed by atoms with E-state index in [1.54, 1.807) is 6.92 Å². The van der Waals surface area contributed by atoms with Crippen molar-refractivity contribution in [3.63, 3.8) is 0 Å². The molecule has 0 unspecified atom stereocenters. The van der Waals surface area contributed by atoms with E-state index in [2.05, 4.69) is 18.8 Å². The smallest absolute Gasteiger partial charge is 0.163 e. The summed E-state index contributed by atoms with van der Waals surface area (Å²) >= 11 is 0. The van der Waals surface area contributed by atoms with Crippen LogP contribution in [0, 0.1) is 0 Å². The Labute approximate surface area is 88.8 Å². The van der Waals surface area contributed by atoms with Crippen molar-refractivity contribution in [2.75, 3.05) is 0 Å². The van der Waals surface area contributed by atoms with Gasteiger partial charge in [0.25, 0.3) is 0 Å². The molecule has 2 heterocycles. The molecule has 0 saturated carbocycles. The number of rotatable bonds is 2. The van der Waals surface area contributed by atoms with Crippen molar-refractivity contribution >= 4 is 11.4 Å². The Balaban J connectivity index is 2.70. The molecule has 0 aliphatic rings. The van der Waals surface area contributed by atoms with Crippen molar-refractivity contribution < 1.29 is 4.79 Å². The van der Waals surface area contributed by atoms with Gasteiger partial charge in [0.15, 0.2) is 5.78 Å². The van der Waals surface area contributed by atoms with E-state index >= 15 is 0 Å². The number of aromatic nitrogens is 2. The van der Waals surface area contributed by atoms with Crippen molar-refractivity contribution in [2.45, 2.75) is 26.7 Å². The Morgan fingerprint density at radius 1 is 1.47 bits per heavy atom. The molecule has 15 heavy (non-hydrogen) atoms. The average Bonchev–Trinajstić information content (AvgIpc) is 2.60. The van der Waals surface area contributed by atoms with Crippen molar-refractivity contribution in [3.05, 3.63) is 35.8 Å². The Hall–Kier alpha value is -1.64. The Bertz CT molecular complexity index is 511. The zero-order chi connectivity index (χ0) is 11.0. The molecular formula is C12H14N2O. The lowest BCUT2D eigenvalue weighted by molar-refractivity contribution is 0.101. The van der Waals surface area contributed by atoms with Crippen LogP contribution in [0.2, 0.25) is 0 Å². The number of nitrogens with zero attached hydrogens (tertiary/aromatic N) is 2. The number of Topliss-reactive ketones (excluding diaryl/α,β-unsaturated/α-hetero) is 1. The molecule has 0 fully saturated rings. The summed E-state index contributed by atoms with van der Waals surface area (Å²) in [6.07, 6.45) is 3.90. The second-order valence-corrected chi connectivity index (χ2v) is 4.03. The molecule has 0 aromatic carbocycles. The van der Waals surface area contributed by atoms with Crippen LogP contribution in [0.1, 0.15) is 42.7 Å². The van der Waals surface area contributed by atoms with Crippen LogP contribution in [0.5, 0.6) is 0 Å². The van der Waals surface area contributed by atoms with Gasteiger partial charge in [-0.3, -0.25) is 4.79 Å². The largest absolute Gasteiger partial charge is 0.306 e. The minimum atomic E-state index is 0.0570. The monoisotopic (exact) mass is 202 g/mol. The van der Waals surface area contributed by atoms with Crippen molar-refractivity contribution in [1.29, 1.82) is 0 Å². The lowest BCUT2D eigenvalue weighted by Crippen LogP contribution is -1.96. The highest BCUT2D eigenvalue weighted by molar-refractivity contribution is 5.99. The van der Waals surface area contributed by atoms with Crippen LogP contribution in [0.4, 0.5) is 0 Å². The van der Waals surface area contributed by atoms with E-state index in [1.807, 2.05) is 28.9 Å². The van der Waals surface area contributed by atoms with Crippen molar-refractivity contribution in [1.82, 2.24) is 9.38 Å². The number of pyridine rings is 1. The molecule has 0 amide bonds. The molecule has 2 aromatic heterocycles. The second kappa shape index (κ2) is 3.50. The second-order valence-electron chi connectivity index (χ2n) is 4.03. The molecule has 3 nitrogen and oxygen atoms in total. The van der Waals surface area contributed by atoms with Gasteiger partial charge in [-0.2, -0.15) is 0 Å². The SMILES string of the molecule is CC(=O)c1cccn2cc(C(C)C)nc12. The maximum atomic E-state index is 11.4. The summed E-state index contributed by atoms with van der Waals surface area (Å²) in [5, 5.41) is 0. The molecule has 0 atom stereocenters. The molecule has 2 aromatic rings. The number of carbonyl (C=O) groups excluding carboxylic acids is 1. The third kappa shape index (κ3) is 1.65. The molecule has 3 heteroatoms. The fourth-order valence-corrected chi connectivity index (χ4v) is 1.58. The van der Waals surface area contributed by atoms with Crippen LogP contribution in [0.3, 0.4) is 0 Å². The van der Waals surface area contributed by atoms with Gasteiger partial charge in [0.1, 0.15) is 5.65 Å². The van der Waals surface area contributed by atoms with Gasteiger partial charge in [0.2, 0.25) is 0 Å². The zero-order valence-corrected chi connectivity index (χ0v) is 9.19. The highest BCUT2D eigenvalue weighted by Gasteiger charge is 2.10. The first-order chi connectivity index (χ1) is 7.09. The van der Waals surface area contributed by atoms with Gasteiger partial charge in [-0.05, 0) is 25.0 Å². The fourth-order valence-electron chi connectivity index (χ4n) is 1.58. The molecule has 0 aliphatic carbocycles. The minimum absolute atomic E-state index is 0.0570. The fraction of sp³-hybridized carbons (Fsp3) is 0.333. The lowest BCUT2D eigenvalue weighted by atomic mass is 10.2. The summed E-state index contributed by atoms with van der Waals surface area (Å²) in [5.74, 6) is 0.436. The molecule has 0 aliphatic heterocycles. The highest BCUT2D eigenvalue weighted by Crippen LogP contribution is 2.17. The standard InChI is InChI=1S/C12H14N2O/c1-8(2)11-7-14-6-4-5-10(9(3)15)12(14)13-11/h4-8H,1-3H3. The molecule has 0 saturated heterocycles. The van der Waals surface area contributed by atoms with E-state index in [0.29, 0.717) is 11.5 Å². The summed E-state index contributed by atoms with van der Waals surface area (Å²) in [4.78, 5) is 15.9. The van der Waals surface area contributed by atoms with E-state index in [-0.39, 0.29) is 5.78 Å². The van der Waals surface area contributed by atoms with Gasteiger partial charge >= 0.3 is 0 Å². The summed E-state index contributed by atoms with van der Waals surface area (Å²) in [6, 6.07) is 3.68. The van der Waals surface area contributed by atoms with Crippen molar-refractivity contribution in [3.8, 4) is 0 Å². The molecule has 2 rings (SSSR count). The van der Waals surface area contributed by atoms with Gasteiger partial charge in [-0.15, -0.1) is 0 Å². The topological polar surface area (TPSA) is 34.4 Å². The molecular weight excluding hydrogens is 188 g/mol. The van der Waals surface area contributed by atoms with Gasteiger partial charge in [0.05, 0.1) is 11.3 Å². The van der Waals surface area contributed by atoms with Crippen molar-refractivity contribution in [2.24, 2.45) is 0 Å². The molecule has 0 spiro atoms. The Kier molecular flexibility index (Phi) is 2.31. The predicted molar refractivity (Wildman–Crippen MR) is 59.3 cm³/mol. The van der Waals surface area contributed by atoms with E-state index in [9.17, 15) is 4.79 Å². The maximum Gasteiger partial charge on any atom is 0.163 e. The normalized spacial score (nSPS) is 11.2. The van der Waals surface area contributed by atoms with Crippen LogP contribution in [0.15, 0.2) is 24.5 Å². The third-order valence-corrected chi connectivity index (χ3v) is 2.47. The quantitative estimate of drug-likeness (QED) is 0.701. The van der Waals surface area contributed by atoms with Crippen LogP contribution in [-0.2, 0) is 0 Å². The summed E-state index contributed by atoms with van der Waals surface area (Å²) in [7, 11) is 0. The number of hydrogen-bond acceptors (Lipinski definition) is 2. The van der Waals surface area contributed by atoms with Gasteiger partial charge in [0, 0.05) is 12.4 Å². The van der Waals surface area contributed by atoms with Crippen LogP contribution < -0.4 is 0 Å². The molecule has 0 N–H and O–H groups in total. The molecule has 0 bridgehead atoms.